The first-order valence-corrected chi connectivity index (χ1v) is 7.13. The van der Waals surface area contributed by atoms with Gasteiger partial charge in [-0.1, -0.05) is 60.2 Å². The number of rotatable bonds is 3. The fraction of sp³-hybridized carbons (Fsp3) is 0.211. The minimum atomic E-state index is -0.968. The highest BCUT2D eigenvalue weighted by Crippen LogP contribution is 2.51. The average Bonchev–Trinajstić information content (AvgIpc) is 2.77. The van der Waals surface area contributed by atoms with Crippen LogP contribution in [-0.2, 0) is 10.2 Å². The van der Waals surface area contributed by atoms with Crippen molar-refractivity contribution in [1.29, 1.82) is 0 Å². The van der Waals surface area contributed by atoms with Crippen molar-refractivity contribution in [2.24, 2.45) is 0 Å². The molecule has 0 saturated heterocycles. The molecule has 0 heterocycles. The van der Waals surface area contributed by atoms with Crippen molar-refractivity contribution in [3.8, 4) is 11.1 Å². The van der Waals surface area contributed by atoms with Crippen LogP contribution in [0, 0.1) is 0 Å². The fourth-order valence-electron chi connectivity index (χ4n) is 3.22. The summed E-state index contributed by atoms with van der Waals surface area (Å²) in [5.74, 6) is -0.780. The van der Waals surface area contributed by atoms with Gasteiger partial charge in [0.15, 0.2) is 0 Å². The molecular formula is C19H18O2. The minimum absolute atomic E-state index is 0.485. The first-order valence-electron chi connectivity index (χ1n) is 7.13. The molecule has 0 radical (unpaired) electrons. The molecule has 0 saturated carbocycles. The van der Waals surface area contributed by atoms with Gasteiger partial charge in [-0.3, -0.25) is 4.79 Å². The van der Waals surface area contributed by atoms with E-state index in [0.717, 1.165) is 27.8 Å². The zero-order chi connectivity index (χ0) is 15.0. The van der Waals surface area contributed by atoms with Crippen molar-refractivity contribution in [3.05, 3.63) is 71.3 Å². The topological polar surface area (TPSA) is 37.3 Å². The molecule has 3 rings (SSSR count). The van der Waals surface area contributed by atoms with Crippen LogP contribution in [0.15, 0.2) is 60.2 Å². The van der Waals surface area contributed by atoms with Gasteiger partial charge >= 0.3 is 5.97 Å². The molecule has 0 amide bonds. The van der Waals surface area contributed by atoms with E-state index >= 15 is 0 Å². The van der Waals surface area contributed by atoms with Gasteiger partial charge in [-0.2, -0.15) is 0 Å². The van der Waals surface area contributed by atoms with Crippen molar-refractivity contribution in [3.63, 3.8) is 0 Å². The van der Waals surface area contributed by atoms with E-state index in [1.807, 2.05) is 68.5 Å². The van der Waals surface area contributed by atoms with Crippen molar-refractivity contribution in [2.45, 2.75) is 25.7 Å². The summed E-state index contributed by atoms with van der Waals surface area (Å²) in [6.07, 6.45) is 2.51. The van der Waals surface area contributed by atoms with E-state index in [4.69, 9.17) is 0 Å². The van der Waals surface area contributed by atoms with E-state index < -0.39 is 11.4 Å². The molecule has 0 atom stereocenters. The van der Waals surface area contributed by atoms with Gasteiger partial charge in [0.25, 0.3) is 0 Å². The van der Waals surface area contributed by atoms with Crippen LogP contribution >= 0.6 is 0 Å². The molecule has 2 aromatic rings. The number of hydrogen-bond donors (Lipinski definition) is 1. The highest BCUT2D eigenvalue weighted by molar-refractivity contribution is 5.97. The summed E-state index contributed by atoms with van der Waals surface area (Å²) in [5, 5.41) is 10.0. The zero-order valence-electron chi connectivity index (χ0n) is 12.3. The van der Waals surface area contributed by atoms with E-state index in [-0.39, 0.29) is 0 Å². The lowest BCUT2D eigenvalue weighted by Gasteiger charge is -2.26. The highest BCUT2D eigenvalue weighted by atomic mass is 16.4. The molecule has 2 heteroatoms. The predicted octanol–water partition coefficient (Wildman–Crippen LogP) is 4.39. The predicted molar refractivity (Wildman–Crippen MR) is 84.3 cm³/mol. The molecule has 21 heavy (non-hydrogen) atoms. The quantitative estimate of drug-likeness (QED) is 0.845. The van der Waals surface area contributed by atoms with Gasteiger partial charge in [-0.05, 0) is 42.5 Å². The average molecular weight is 278 g/mol. The highest BCUT2D eigenvalue weighted by Gasteiger charge is 2.48. The summed E-state index contributed by atoms with van der Waals surface area (Å²) in [6.45, 7) is 4.00. The smallest absolute Gasteiger partial charge is 0.319 e. The summed E-state index contributed by atoms with van der Waals surface area (Å²) in [4.78, 5) is 12.2. The molecule has 2 nitrogen and oxygen atoms in total. The Bertz CT molecular complexity index is 691. The van der Waals surface area contributed by atoms with Gasteiger partial charge in [0, 0.05) is 0 Å². The first-order chi connectivity index (χ1) is 10.1. The Labute approximate surface area is 124 Å². The molecule has 0 spiro atoms. The Kier molecular flexibility index (Phi) is 3.17. The summed E-state index contributed by atoms with van der Waals surface area (Å²) in [7, 11) is 0. The van der Waals surface area contributed by atoms with Crippen LogP contribution in [0.4, 0.5) is 0 Å². The molecule has 2 aromatic carbocycles. The largest absolute Gasteiger partial charge is 0.480 e. The third kappa shape index (κ3) is 1.90. The third-order valence-electron chi connectivity index (χ3n) is 4.25. The van der Waals surface area contributed by atoms with Crippen LogP contribution in [0.2, 0.25) is 0 Å². The molecule has 0 bridgehead atoms. The van der Waals surface area contributed by atoms with Crippen molar-refractivity contribution < 1.29 is 9.90 Å². The summed E-state index contributed by atoms with van der Waals surface area (Å²) in [6, 6.07) is 15.7. The van der Waals surface area contributed by atoms with E-state index in [0.29, 0.717) is 6.42 Å². The first kappa shape index (κ1) is 13.6. The second kappa shape index (κ2) is 4.88. The molecule has 0 aliphatic heterocycles. The number of carboxylic acid groups (broad SMARTS) is 1. The number of fused-ring (bicyclic) bond motifs is 3. The number of aliphatic carboxylic acids is 1. The summed E-state index contributed by atoms with van der Waals surface area (Å²) >= 11 is 0. The van der Waals surface area contributed by atoms with Crippen LogP contribution in [0.3, 0.4) is 0 Å². The number of carboxylic acids is 1. The van der Waals surface area contributed by atoms with E-state index in [1.165, 1.54) is 0 Å². The number of hydrogen-bond acceptors (Lipinski definition) is 1. The van der Waals surface area contributed by atoms with Crippen molar-refractivity contribution >= 4 is 5.97 Å². The SMILES string of the molecule is CC(C)=CCC1(C(=O)O)c2ccccc2-c2ccccc21. The lowest BCUT2D eigenvalue weighted by molar-refractivity contribution is -0.141. The lowest BCUT2D eigenvalue weighted by Crippen LogP contribution is -2.34. The van der Waals surface area contributed by atoms with Crippen LogP contribution in [-0.4, -0.2) is 11.1 Å². The molecular weight excluding hydrogens is 260 g/mol. The lowest BCUT2D eigenvalue weighted by atomic mass is 9.75. The maximum absolute atomic E-state index is 12.2. The maximum Gasteiger partial charge on any atom is 0.319 e. The summed E-state index contributed by atoms with van der Waals surface area (Å²) < 4.78 is 0. The molecule has 1 aliphatic carbocycles. The molecule has 1 N–H and O–H groups in total. The normalized spacial score (nSPS) is 14.2. The number of allylic oxidation sites excluding steroid dienone is 2. The van der Waals surface area contributed by atoms with Gasteiger partial charge < -0.3 is 5.11 Å². The van der Waals surface area contributed by atoms with Crippen LogP contribution in [0.1, 0.15) is 31.4 Å². The van der Waals surface area contributed by atoms with Gasteiger partial charge in [-0.15, -0.1) is 0 Å². The van der Waals surface area contributed by atoms with E-state index in [1.54, 1.807) is 0 Å². The Morgan fingerprint density at radius 1 is 1.00 bits per heavy atom. The van der Waals surface area contributed by atoms with Gasteiger partial charge in [-0.25, -0.2) is 0 Å². The minimum Gasteiger partial charge on any atom is -0.480 e. The van der Waals surface area contributed by atoms with Crippen molar-refractivity contribution in [1.82, 2.24) is 0 Å². The number of carbonyl (C=O) groups is 1. The Morgan fingerprint density at radius 2 is 1.48 bits per heavy atom. The Hall–Kier alpha value is -2.35. The van der Waals surface area contributed by atoms with Crippen LogP contribution in [0.5, 0.6) is 0 Å². The summed E-state index contributed by atoms with van der Waals surface area (Å²) in [5.41, 5.74) is 4.05. The third-order valence-corrected chi connectivity index (χ3v) is 4.25. The van der Waals surface area contributed by atoms with Gasteiger partial charge in [0.1, 0.15) is 5.41 Å². The maximum atomic E-state index is 12.2. The molecule has 106 valence electrons. The second-order valence-electron chi connectivity index (χ2n) is 5.79. The molecule has 1 aliphatic rings. The van der Waals surface area contributed by atoms with E-state index in [9.17, 15) is 9.90 Å². The standard InChI is InChI=1S/C19H18O2/c1-13(2)11-12-19(18(20)21)16-9-5-3-7-14(16)15-8-4-6-10-17(15)19/h3-11H,12H2,1-2H3,(H,20,21). The Morgan fingerprint density at radius 3 is 1.90 bits per heavy atom. The zero-order valence-corrected chi connectivity index (χ0v) is 12.3. The molecule has 0 unspecified atom stereocenters. The number of benzene rings is 2. The molecule has 0 fully saturated rings. The monoisotopic (exact) mass is 278 g/mol. The van der Waals surface area contributed by atoms with E-state index in [2.05, 4.69) is 0 Å². The fourth-order valence-corrected chi connectivity index (χ4v) is 3.22. The molecule has 0 aromatic heterocycles. The van der Waals surface area contributed by atoms with Crippen LogP contribution in [0.25, 0.3) is 11.1 Å². The Balaban J connectivity index is 2.33. The van der Waals surface area contributed by atoms with Gasteiger partial charge in [0.2, 0.25) is 0 Å². The second-order valence-corrected chi connectivity index (χ2v) is 5.79. The van der Waals surface area contributed by atoms with Gasteiger partial charge in [0.05, 0.1) is 0 Å². The van der Waals surface area contributed by atoms with Crippen molar-refractivity contribution in [2.75, 3.05) is 0 Å². The van der Waals surface area contributed by atoms with Crippen LogP contribution < -0.4 is 0 Å².